The third-order valence-electron chi connectivity index (χ3n) is 2.34. The molecular formula is C11H11NOS. The number of hydrogen-bond donors (Lipinski definition) is 0. The highest BCUT2D eigenvalue weighted by Gasteiger charge is 2.03. The summed E-state index contributed by atoms with van der Waals surface area (Å²) in [6.45, 7) is 0. The molecule has 0 bridgehead atoms. The third kappa shape index (κ3) is 1.34. The standard InChI is InChI=1S/C11H11NOS/c1-12-9-6-4-3-5-8(9)10(14-2)7-11(12)13/h3-7H,1-2H3. The second-order valence-corrected chi connectivity index (χ2v) is 3.98. The lowest BCUT2D eigenvalue weighted by Gasteiger charge is -2.07. The molecule has 72 valence electrons. The van der Waals surface area contributed by atoms with Gasteiger partial charge in [0.2, 0.25) is 0 Å². The molecule has 2 rings (SSSR count). The van der Waals surface area contributed by atoms with Crippen LogP contribution in [0.2, 0.25) is 0 Å². The van der Waals surface area contributed by atoms with Crippen molar-refractivity contribution < 1.29 is 0 Å². The first-order valence-electron chi connectivity index (χ1n) is 4.37. The molecule has 2 aromatic rings. The smallest absolute Gasteiger partial charge is 0.251 e. The molecule has 0 N–H and O–H groups in total. The Balaban J connectivity index is 2.97. The minimum Gasteiger partial charge on any atom is -0.311 e. The van der Waals surface area contributed by atoms with Gasteiger partial charge < -0.3 is 4.57 Å². The molecule has 14 heavy (non-hydrogen) atoms. The topological polar surface area (TPSA) is 22.0 Å². The normalized spacial score (nSPS) is 10.7. The molecule has 1 aromatic heterocycles. The van der Waals surface area contributed by atoms with Crippen LogP contribution in [0.4, 0.5) is 0 Å². The maximum atomic E-state index is 11.6. The zero-order valence-electron chi connectivity index (χ0n) is 8.15. The van der Waals surface area contributed by atoms with Gasteiger partial charge in [0.1, 0.15) is 0 Å². The molecule has 1 aromatic carbocycles. The van der Waals surface area contributed by atoms with Crippen molar-refractivity contribution >= 4 is 22.7 Å². The number of aromatic nitrogens is 1. The van der Waals surface area contributed by atoms with Crippen LogP contribution >= 0.6 is 11.8 Å². The average molecular weight is 205 g/mol. The number of thioether (sulfide) groups is 1. The Morgan fingerprint density at radius 2 is 2.00 bits per heavy atom. The predicted molar refractivity (Wildman–Crippen MR) is 61.0 cm³/mol. The largest absolute Gasteiger partial charge is 0.311 e. The number of fused-ring (bicyclic) bond motifs is 1. The molecule has 0 aliphatic carbocycles. The van der Waals surface area contributed by atoms with Crippen LogP contribution in [-0.4, -0.2) is 10.8 Å². The summed E-state index contributed by atoms with van der Waals surface area (Å²) in [6.07, 6.45) is 1.99. The summed E-state index contributed by atoms with van der Waals surface area (Å²) < 4.78 is 1.68. The summed E-state index contributed by atoms with van der Waals surface area (Å²) in [6, 6.07) is 9.64. The van der Waals surface area contributed by atoms with Gasteiger partial charge in [-0.05, 0) is 12.3 Å². The first-order valence-corrected chi connectivity index (χ1v) is 5.59. The van der Waals surface area contributed by atoms with Crippen LogP contribution in [0.5, 0.6) is 0 Å². The molecule has 0 aliphatic rings. The number of pyridine rings is 1. The summed E-state index contributed by atoms with van der Waals surface area (Å²) in [5, 5.41) is 1.14. The summed E-state index contributed by atoms with van der Waals surface area (Å²) in [7, 11) is 1.80. The van der Waals surface area contributed by atoms with Gasteiger partial charge in [0.05, 0.1) is 5.52 Å². The third-order valence-corrected chi connectivity index (χ3v) is 3.11. The van der Waals surface area contributed by atoms with Gasteiger partial charge in [0.25, 0.3) is 5.56 Å². The van der Waals surface area contributed by atoms with Crippen LogP contribution < -0.4 is 5.56 Å². The van der Waals surface area contributed by atoms with Crippen LogP contribution in [-0.2, 0) is 7.05 Å². The molecule has 0 atom stereocenters. The molecule has 0 fully saturated rings. The summed E-state index contributed by atoms with van der Waals surface area (Å²) in [4.78, 5) is 12.6. The Labute approximate surface area is 86.6 Å². The van der Waals surface area contributed by atoms with E-state index < -0.39 is 0 Å². The first kappa shape index (κ1) is 9.34. The van der Waals surface area contributed by atoms with Crippen molar-refractivity contribution in [2.24, 2.45) is 7.05 Å². The molecule has 2 nitrogen and oxygen atoms in total. The van der Waals surface area contributed by atoms with Gasteiger partial charge in [-0.2, -0.15) is 0 Å². The molecule has 0 saturated carbocycles. The fourth-order valence-electron chi connectivity index (χ4n) is 1.55. The van der Waals surface area contributed by atoms with E-state index in [2.05, 4.69) is 0 Å². The quantitative estimate of drug-likeness (QED) is 0.666. The molecule has 0 unspecified atom stereocenters. The van der Waals surface area contributed by atoms with Crippen molar-refractivity contribution in [2.75, 3.05) is 6.26 Å². The molecule has 0 aliphatic heterocycles. The lowest BCUT2D eigenvalue weighted by atomic mass is 10.2. The van der Waals surface area contributed by atoms with Crippen molar-refractivity contribution in [1.82, 2.24) is 4.57 Å². The Morgan fingerprint density at radius 1 is 1.29 bits per heavy atom. The molecule has 0 radical (unpaired) electrons. The van der Waals surface area contributed by atoms with Crippen molar-refractivity contribution in [3.05, 3.63) is 40.7 Å². The zero-order chi connectivity index (χ0) is 10.1. The number of rotatable bonds is 1. The highest BCUT2D eigenvalue weighted by Crippen LogP contribution is 2.23. The first-order chi connectivity index (χ1) is 6.74. The lowest BCUT2D eigenvalue weighted by Crippen LogP contribution is -2.15. The Kier molecular flexibility index (Phi) is 2.33. The van der Waals surface area contributed by atoms with E-state index in [9.17, 15) is 4.79 Å². The van der Waals surface area contributed by atoms with Gasteiger partial charge >= 0.3 is 0 Å². The Morgan fingerprint density at radius 3 is 2.71 bits per heavy atom. The van der Waals surface area contributed by atoms with Crippen molar-refractivity contribution in [3.63, 3.8) is 0 Å². The summed E-state index contributed by atoms with van der Waals surface area (Å²) in [5.74, 6) is 0. The van der Waals surface area contributed by atoms with Crippen molar-refractivity contribution in [2.45, 2.75) is 4.90 Å². The zero-order valence-corrected chi connectivity index (χ0v) is 8.97. The van der Waals surface area contributed by atoms with E-state index in [0.29, 0.717) is 0 Å². The number of nitrogens with zero attached hydrogens (tertiary/aromatic N) is 1. The number of para-hydroxylation sites is 1. The van der Waals surface area contributed by atoms with E-state index in [1.165, 1.54) is 0 Å². The molecule has 3 heteroatoms. The average Bonchev–Trinajstić information content (AvgIpc) is 2.23. The van der Waals surface area contributed by atoms with Gasteiger partial charge in [-0.3, -0.25) is 4.79 Å². The van der Waals surface area contributed by atoms with Gasteiger partial charge in [-0.15, -0.1) is 11.8 Å². The summed E-state index contributed by atoms with van der Waals surface area (Å²) in [5.41, 5.74) is 1.04. The second-order valence-electron chi connectivity index (χ2n) is 3.13. The van der Waals surface area contributed by atoms with E-state index in [1.807, 2.05) is 30.5 Å². The van der Waals surface area contributed by atoms with Gasteiger partial charge in [-0.25, -0.2) is 0 Å². The maximum Gasteiger partial charge on any atom is 0.251 e. The Bertz CT molecular complexity index is 530. The van der Waals surface area contributed by atoms with E-state index in [1.54, 1.807) is 29.4 Å². The highest BCUT2D eigenvalue weighted by molar-refractivity contribution is 7.98. The molecular weight excluding hydrogens is 194 g/mol. The summed E-state index contributed by atoms with van der Waals surface area (Å²) >= 11 is 1.61. The molecule has 0 spiro atoms. The monoisotopic (exact) mass is 205 g/mol. The minimum atomic E-state index is 0.0491. The second kappa shape index (κ2) is 3.50. The van der Waals surface area contributed by atoms with E-state index >= 15 is 0 Å². The van der Waals surface area contributed by atoms with Crippen LogP contribution in [0.1, 0.15) is 0 Å². The fourth-order valence-corrected chi connectivity index (χ4v) is 2.16. The number of hydrogen-bond acceptors (Lipinski definition) is 2. The number of benzene rings is 1. The van der Waals surface area contributed by atoms with Crippen LogP contribution in [0.15, 0.2) is 40.0 Å². The van der Waals surface area contributed by atoms with E-state index in [-0.39, 0.29) is 5.56 Å². The van der Waals surface area contributed by atoms with Gasteiger partial charge in [0.15, 0.2) is 0 Å². The highest BCUT2D eigenvalue weighted by atomic mass is 32.2. The Hall–Kier alpha value is -1.22. The fraction of sp³-hybridized carbons (Fsp3) is 0.182. The molecule has 0 amide bonds. The van der Waals surface area contributed by atoms with Crippen LogP contribution in [0.25, 0.3) is 10.9 Å². The minimum absolute atomic E-state index is 0.0491. The van der Waals surface area contributed by atoms with Gasteiger partial charge in [-0.1, -0.05) is 18.2 Å². The van der Waals surface area contributed by atoms with Crippen LogP contribution in [0.3, 0.4) is 0 Å². The maximum absolute atomic E-state index is 11.6. The van der Waals surface area contributed by atoms with E-state index in [0.717, 1.165) is 15.8 Å². The van der Waals surface area contributed by atoms with Crippen LogP contribution in [0, 0.1) is 0 Å². The molecule has 1 heterocycles. The molecule has 0 saturated heterocycles. The van der Waals surface area contributed by atoms with Crippen molar-refractivity contribution in [3.8, 4) is 0 Å². The lowest BCUT2D eigenvalue weighted by molar-refractivity contribution is 0.898. The van der Waals surface area contributed by atoms with Gasteiger partial charge in [0, 0.05) is 23.4 Å². The predicted octanol–water partition coefficient (Wildman–Crippen LogP) is 2.26. The SMILES string of the molecule is CSc1cc(=O)n(C)c2ccccc12. The van der Waals surface area contributed by atoms with Crippen molar-refractivity contribution in [1.29, 1.82) is 0 Å². The van der Waals surface area contributed by atoms with E-state index in [4.69, 9.17) is 0 Å². The number of aryl methyl sites for hydroxylation is 1.